The Morgan fingerprint density at radius 2 is 1.91 bits per heavy atom. The second kappa shape index (κ2) is 6.94. The van der Waals surface area contributed by atoms with Crippen LogP contribution in [0.15, 0.2) is 34.9 Å². The fraction of sp³-hybridized carbons (Fsp3) is 0.375. The summed E-state index contributed by atoms with van der Waals surface area (Å²) in [6.45, 7) is 5.63. The van der Waals surface area contributed by atoms with Crippen LogP contribution >= 0.6 is 11.6 Å². The maximum atomic E-state index is 12.1. The van der Waals surface area contributed by atoms with E-state index in [4.69, 9.17) is 16.1 Å². The molecule has 0 fully saturated rings. The predicted octanol–water partition coefficient (Wildman–Crippen LogP) is 3.30. The van der Waals surface area contributed by atoms with Crippen molar-refractivity contribution in [2.45, 2.75) is 38.8 Å². The molecule has 0 radical (unpaired) electrons. The summed E-state index contributed by atoms with van der Waals surface area (Å²) < 4.78 is 5.10. The summed E-state index contributed by atoms with van der Waals surface area (Å²) in [6, 6.07) is 7.97. The van der Waals surface area contributed by atoms with Crippen molar-refractivity contribution in [1.29, 1.82) is 0 Å². The third-order valence-electron chi connectivity index (χ3n) is 3.37. The number of aliphatic hydroxyl groups is 1. The lowest BCUT2D eigenvalue weighted by Crippen LogP contribution is -2.37. The molecule has 1 aromatic heterocycles. The second-order valence-corrected chi connectivity index (χ2v) is 5.96. The average molecular weight is 323 g/mol. The number of hydrogen-bond acceptors (Lipinski definition) is 4. The summed E-state index contributed by atoms with van der Waals surface area (Å²) in [5.41, 5.74) is 0.888. The molecule has 5 nitrogen and oxygen atoms in total. The molecule has 2 aromatic rings. The molecule has 0 aliphatic rings. The number of hydrogen-bond donors (Lipinski definition) is 2. The van der Waals surface area contributed by atoms with E-state index >= 15 is 0 Å². The Morgan fingerprint density at radius 3 is 2.45 bits per heavy atom. The SMILES string of the molecule is CC(C)c1cc(C(=O)NC(C)C(O)c2ccc(Cl)cc2)no1. The van der Waals surface area contributed by atoms with Crippen molar-refractivity contribution < 1.29 is 14.4 Å². The number of rotatable bonds is 5. The minimum atomic E-state index is -0.835. The van der Waals surface area contributed by atoms with Gasteiger partial charge in [0.25, 0.3) is 5.91 Å². The lowest BCUT2D eigenvalue weighted by molar-refractivity contribution is 0.0843. The van der Waals surface area contributed by atoms with Gasteiger partial charge >= 0.3 is 0 Å². The average Bonchev–Trinajstić information content (AvgIpc) is 2.97. The largest absolute Gasteiger partial charge is 0.386 e. The molecule has 1 heterocycles. The number of carbonyl (C=O) groups is 1. The van der Waals surface area contributed by atoms with Crippen LogP contribution in [-0.2, 0) is 0 Å². The molecule has 2 N–H and O–H groups in total. The molecule has 0 aliphatic heterocycles. The van der Waals surface area contributed by atoms with Crippen LogP contribution in [0.3, 0.4) is 0 Å². The number of nitrogens with zero attached hydrogens (tertiary/aromatic N) is 1. The molecular weight excluding hydrogens is 304 g/mol. The van der Waals surface area contributed by atoms with Crippen LogP contribution in [0.25, 0.3) is 0 Å². The van der Waals surface area contributed by atoms with Crippen molar-refractivity contribution in [3.63, 3.8) is 0 Å². The van der Waals surface area contributed by atoms with E-state index in [2.05, 4.69) is 10.5 Å². The first kappa shape index (κ1) is 16.5. The topological polar surface area (TPSA) is 75.4 Å². The van der Waals surface area contributed by atoms with Crippen LogP contribution in [0, 0.1) is 0 Å². The van der Waals surface area contributed by atoms with Crippen LogP contribution in [0.1, 0.15) is 54.6 Å². The third kappa shape index (κ3) is 3.87. The third-order valence-corrected chi connectivity index (χ3v) is 3.63. The van der Waals surface area contributed by atoms with Gasteiger partial charge in [-0.15, -0.1) is 0 Å². The van der Waals surface area contributed by atoms with Crippen LogP contribution < -0.4 is 5.32 Å². The van der Waals surface area contributed by atoms with Gasteiger partial charge in [-0.25, -0.2) is 0 Å². The van der Waals surface area contributed by atoms with Gasteiger partial charge in [0.15, 0.2) is 5.69 Å². The van der Waals surface area contributed by atoms with Gasteiger partial charge in [-0.1, -0.05) is 42.7 Å². The van der Waals surface area contributed by atoms with Crippen molar-refractivity contribution >= 4 is 17.5 Å². The molecule has 0 bridgehead atoms. The molecule has 2 atom stereocenters. The molecule has 0 saturated heterocycles. The molecule has 0 aliphatic carbocycles. The Morgan fingerprint density at radius 1 is 1.27 bits per heavy atom. The molecule has 118 valence electrons. The van der Waals surface area contributed by atoms with Crippen molar-refractivity contribution in [1.82, 2.24) is 10.5 Å². The quantitative estimate of drug-likeness (QED) is 0.885. The zero-order chi connectivity index (χ0) is 16.3. The first-order valence-corrected chi connectivity index (χ1v) is 7.47. The standard InChI is InChI=1S/C16H19ClN2O3/c1-9(2)14-8-13(19-22-14)16(21)18-10(3)15(20)11-4-6-12(17)7-5-11/h4-10,15,20H,1-3H3,(H,18,21). The summed E-state index contributed by atoms with van der Waals surface area (Å²) in [7, 11) is 0. The Labute approximate surface area is 134 Å². The van der Waals surface area contributed by atoms with Crippen molar-refractivity contribution in [2.75, 3.05) is 0 Å². The summed E-state index contributed by atoms with van der Waals surface area (Å²) in [6.07, 6.45) is -0.835. The maximum Gasteiger partial charge on any atom is 0.273 e. The maximum absolute atomic E-state index is 12.1. The van der Waals surface area contributed by atoms with Gasteiger partial charge in [0, 0.05) is 17.0 Å². The fourth-order valence-electron chi connectivity index (χ4n) is 1.98. The Hall–Kier alpha value is -1.85. The summed E-state index contributed by atoms with van der Waals surface area (Å²) in [5, 5.41) is 17.3. The fourth-order valence-corrected chi connectivity index (χ4v) is 2.10. The van der Waals surface area contributed by atoms with Crippen LogP contribution in [0.4, 0.5) is 0 Å². The highest BCUT2D eigenvalue weighted by molar-refractivity contribution is 6.30. The number of aliphatic hydroxyl groups excluding tert-OH is 1. The number of aromatic nitrogens is 1. The molecule has 0 spiro atoms. The highest BCUT2D eigenvalue weighted by atomic mass is 35.5. The lowest BCUT2D eigenvalue weighted by atomic mass is 10.0. The van der Waals surface area contributed by atoms with Gasteiger partial charge in [0.05, 0.1) is 12.1 Å². The first-order valence-electron chi connectivity index (χ1n) is 7.09. The van der Waals surface area contributed by atoms with E-state index in [1.54, 1.807) is 37.3 Å². The zero-order valence-electron chi connectivity index (χ0n) is 12.7. The summed E-state index contributed by atoms with van der Waals surface area (Å²) in [4.78, 5) is 12.1. The summed E-state index contributed by atoms with van der Waals surface area (Å²) >= 11 is 5.82. The van der Waals surface area contributed by atoms with E-state index in [1.165, 1.54) is 0 Å². The number of amides is 1. The number of benzene rings is 1. The molecular formula is C16H19ClN2O3. The van der Waals surface area contributed by atoms with Gasteiger partial charge in [0.1, 0.15) is 5.76 Å². The van der Waals surface area contributed by atoms with E-state index in [0.717, 1.165) is 0 Å². The molecule has 22 heavy (non-hydrogen) atoms. The lowest BCUT2D eigenvalue weighted by Gasteiger charge is -2.20. The van der Waals surface area contributed by atoms with Crippen molar-refractivity contribution in [2.24, 2.45) is 0 Å². The minimum Gasteiger partial charge on any atom is -0.386 e. The van der Waals surface area contributed by atoms with Gasteiger partial charge in [-0.3, -0.25) is 4.79 Å². The van der Waals surface area contributed by atoms with Crippen molar-refractivity contribution in [3.8, 4) is 0 Å². The molecule has 6 heteroatoms. The van der Waals surface area contributed by atoms with Crippen LogP contribution in [0.2, 0.25) is 5.02 Å². The van der Waals surface area contributed by atoms with Gasteiger partial charge in [-0.05, 0) is 24.6 Å². The monoisotopic (exact) mass is 322 g/mol. The van der Waals surface area contributed by atoms with Gasteiger partial charge < -0.3 is 14.9 Å². The highest BCUT2D eigenvalue weighted by Crippen LogP contribution is 2.20. The van der Waals surface area contributed by atoms with Crippen LogP contribution in [-0.4, -0.2) is 22.2 Å². The molecule has 1 amide bonds. The van der Waals surface area contributed by atoms with Gasteiger partial charge in [-0.2, -0.15) is 0 Å². The van der Waals surface area contributed by atoms with E-state index in [1.807, 2.05) is 13.8 Å². The van der Waals surface area contributed by atoms with E-state index in [9.17, 15) is 9.90 Å². The highest BCUT2D eigenvalue weighted by Gasteiger charge is 2.21. The number of carbonyl (C=O) groups excluding carboxylic acids is 1. The number of nitrogens with one attached hydrogen (secondary N) is 1. The van der Waals surface area contributed by atoms with Crippen molar-refractivity contribution in [3.05, 3.63) is 52.4 Å². The number of halogens is 1. The normalized spacial score (nSPS) is 13.9. The molecule has 1 aromatic carbocycles. The second-order valence-electron chi connectivity index (χ2n) is 5.53. The predicted molar refractivity (Wildman–Crippen MR) is 83.9 cm³/mol. The van der Waals surface area contributed by atoms with Gasteiger partial charge in [0.2, 0.25) is 0 Å². The van der Waals surface area contributed by atoms with E-state index < -0.39 is 12.1 Å². The molecule has 2 rings (SSSR count). The Bertz CT molecular complexity index is 637. The Balaban J connectivity index is 2.02. The van der Waals surface area contributed by atoms with E-state index in [-0.39, 0.29) is 17.5 Å². The molecule has 0 saturated carbocycles. The van der Waals surface area contributed by atoms with E-state index in [0.29, 0.717) is 16.3 Å². The zero-order valence-corrected chi connectivity index (χ0v) is 13.5. The first-order chi connectivity index (χ1) is 10.4. The minimum absolute atomic E-state index is 0.158. The smallest absolute Gasteiger partial charge is 0.273 e. The molecule has 2 unspecified atom stereocenters. The summed E-state index contributed by atoms with van der Waals surface area (Å²) in [5.74, 6) is 0.429. The Kier molecular flexibility index (Phi) is 5.21. The van der Waals surface area contributed by atoms with Crippen LogP contribution in [0.5, 0.6) is 0 Å².